The predicted octanol–water partition coefficient (Wildman–Crippen LogP) is 3.10. The molecule has 0 aliphatic carbocycles. The van der Waals surface area contributed by atoms with Gasteiger partial charge in [0.1, 0.15) is 17.5 Å². The van der Waals surface area contributed by atoms with Gasteiger partial charge in [0.2, 0.25) is 0 Å². The SMILES string of the molecule is Cc1cc(Cl)ccc1Oc1nccc(C#N)n1. The first-order valence-corrected chi connectivity index (χ1v) is 5.24. The first-order chi connectivity index (χ1) is 8.19. The summed E-state index contributed by atoms with van der Waals surface area (Å²) in [4.78, 5) is 7.85. The van der Waals surface area contributed by atoms with Gasteiger partial charge < -0.3 is 4.74 Å². The summed E-state index contributed by atoms with van der Waals surface area (Å²) in [5.74, 6) is 0.615. The van der Waals surface area contributed by atoms with Gasteiger partial charge >= 0.3 is 6.01 Å². The van der Waals surface area contributed by atoms with Gasteiger partial charge in [-0.15, -0.1) is 0 Å². The lowest BCUT2D eigenvalue weighted by Crippen LogP contribution is -1.94. The minimum atomic E-state index is 0.148. The third kappa shape index (κ3) is 2.71. The maximum Gasteiger partial charge on any atom is 0.323 e. The van der Waals surface area contributed by atoms with Crippen molar-refractivity contribution in [1.29, 1.82) is 5.26 Å². The summed E-state index contributed by atoms with van der Waals surface area (Å²) in [6.45, 7) is 1.87. The van der Waals surface area contributed by atoms with E-state index in [2.05, 4.69) is 9.97 Å². The second-order valence-electron chi connectivity index (χ2n) is 3.35. The lowest BCUT2D eigenvalue weighted by molar-refractivity contribution is 0.438. The molecule has 0 saturated carbocycles. The standard InChI is InChI=1S/C12H8ClN3O/c1-8-6-9(13)2-3-11(8)17-12-15-5-4-10(7-14)16-12/h2-6H,1H3. The average molecular weight is 246 g/mol. The van der Waals surface area contributed by atoms with Crippen LogP contribution in [0, 0.1) is 18.3 Å². The Kier molecular flexibility index (Phi) is 3.22. The van der Waals surface area contributed by atoms with Gasteiger partial charge in [0.05, 0.1) is 0 Å². The highest BCUT2D eigenvalue weighted by atomic mass is 35.5. The van der Waals surface area contributed by atoms with Crippen molar-refractivity contribution in [1.82, 2.24) is 9.97 Å². The quantitative estimate of drug-likeness (QED) is 0.816. The van der Waals surface area contributed by atoms with E-state index in [0.29, 0.717) is 10.8 Å². The van der Waals surface area contributed by atoms with Gasteiger partial charge in [0.25, 0.3) is 0 Å². The van der Waals surface area contributed by atoms with Gasteiger partial charge in [0, 0.05) is 11.2 Å². The Bertz CT molecular complexity index is 593. The van der Waals surface area contributed by atoms with E-state index >= 15 is 0 Å². The molecule has 2 rings (SSSR count). The van der Waals surface area contributed by atoms with Crippen LogP contribution in [0.1, 0.15) is 11.3 Å². The van der Waals surface area contributed by atoms with Crippen LogP contribution < -0.4 is 4.74 Å². The molecule has 0 radical (unpaired) electrons. The highest BCUT2D eigenvalue weighted by Crippen LogP contribution is 2.25. The van der Waals surface area contributed by atoms with E-state index in [4.69, 9.17) is 21.6 Å². The van der Waals surface area contributed by atoms with Crippen LogP contribution in [0.5, 0.6) is 11.8 Å². The zero-order valence-corrected chi connectivity index (χ0v) is 9.77. The van der Waals surface area contributed by atoms with E-state index in [-0.39, 0.29) is 11.7 Å². The van der Waals surface area contributed by atoms with Crippen molar-refractivity contribution < 1.29 is 4.74 Å². The number of ether oxygens (including phenoxy) is 1. The minimum absolute atomic E-state index is 0.148. The van der Waals surface area contributed by atoms with Gasteiger partial charge in [-0.3, -0.25) is 0 Å². The highest BCUT2D eigenvalue weighted by Gasteiger charge is 2.05. The Morgan fingerprint density at radius 2 is 2.18 bits per heavy atom. The Morgan fingerprint density at radius 1 is 1.35 bits per heavy atom. The number of benzene rings is 1. The molecule has 0 aliphatic rings. The van der Waals surface area contributed by atoms with Crippen molar-refractivity contribution in [2.75, 3.05) is 0 Å². The molecule has 0 bridgehead atoms. The first-order valence-electron chi connectivity index (χ1n) is 4.86. The van der Waals surface area contributed by atoms with E-state index in [1.54, 1.807) is 18.2 Å². The molecular weight excluding hydrogens is 238 g/mol. The number of aromatic nitrogens is 2. The van der Waals surface area contributed by atoms with E-state index in [0.717, 1.165) is 5.56 Å². The van der Waals surface area contributed by atoms with Gasteiger partial charge in [-0.05, 0) is 36.8 Å². The van der Waals surface area contributed by atoms with Crippen molar-refractivity contribution in [3.05, 3.63) is 46.7 Å². The number of halogens is 1. The maximum atomic E-state index is 8.71. The second kappa shape index (κ2) is 4.81. The lowest BCUT2D eigenvalue weighted by Gasteiger charge is -2.06. The normalized spacial score (nSPS) is 9.71. The van der Waals surface area contributed by atoms with E-state index in [9.17, 15) is 0 Å². The fourth-order valence-electron chi connectivity index (χ4n) is 1.28. The van der Waals surface area contributed by atoms with Gasteiger partial charge in [-0.1, -0.05) is 11.6 Å². The molecule has 1 aromatic carbocycles. The van der Waals surface area contributed by atoms with Crippen LogP contribution in [0.2, 0.25) is 5.02 Å². The number of hydrogen-bond donors (Lipinski definition) is 0. The number of aryl methyl sites for hydroxylation is 1. The third-order valence-corrected chi connectivity index (χ3v) is 2.32. The Labute approximate surface area is 103 Å². The van der Waals surface area contributed by atoms with Crippen molar-refractivity contribution >= 4 is 11.6 Å². The first kappa shape index (κ1) is 11.4. The molecule has 1 heterocycles. The summed E-state index contributed by atoms with van der Waals surface area (Å²) >= 11 is 5.84. The van der Waals surface area contributed by atoms with Gasteiger partial charge in [0.15, 0.2) is 0 Å². The Balaban J connectivity index is 2.28. The number of hydrogen-bond acceptors (Lipinski definition) is 4. The van der Waals surface area contributed by atoms with Crippen molar-refractivity contribution in [2.24, 2.45) is 0 Å². The summed E-state index contributed by atoms with van der Waals surface area (Å²) < 4.78 is 5.47. The largest absolute Gasteiger partial charge is 0.424 e. The fraction of sp³-hybridized carbons (Fsp3) is 0.0833. The average Bonchev–Trinajstić information content (AvgIpc) is 2.33. The molecule has 0 amide bonds. The topological polar surface area (TPSA) is 58.8 Å². The molecule has 5 heteroatoms. The lowest BCUT2D eigenvalue weighted by atomic mass is 10.2. The monoisotopic (exact) mass is 245 g/mol. The maximum absolute atomic E-state index is 8.71. The molecule has 17 heavy (non-hydrogen) atoms. The number of nitrogens with zero attached hydrogens (tertiary/aromatic N) is 3. The molecule has 2 aromatic rings. The zero-order chi connectivity index (χ0) is 12.3. The summed E-state index contributed by atoms with van der Waals surface area (Å²) in [6, 6.07) is 8.83. The van der Waals surface area contributed by atoms with E-state index in [1.165, 1.54) is 12.3 Å². The van der Waals surface area contributed by atoms with E-state index < -0.39 is 0 Å². The van der Waals surface area contributed by atoms with Crippen LogP contribution >= 0.6 is 11.6 Å². The highest BCUT2D eigenvalue weighted by molar-refractivity contribution is 6.30. The van der Waals surface area contributed by atoms with Crippen LogP contribution in [-0.4, -0.2) is 9.97 Å². The number of nitriles is 1. The van der Waals surface area contributed by atoms with Crippen LogP contribution in [0.15, 0.2) is 30.5 Å². The zero-order valence-electron chi connectivity index (χ0n) is 9.01. The molecule has 84 valence electrons. The smallest absolute Gasteiger partial charge is 0.323 e. The second-order valence-corrected chi connectivity index (χ2v) is 3.78. The Hall–Kier alpha value is -2.12. The molecule has 0 atom stereocenters. The van der Waals surface area contributed by atoms with Crippen molar-refractivity contribution in [3.63, 3.8) is 0 Å². The number of rotatable bonds is 2. The van der Waals surface area contributed by atoms with Crippen LogP contribution in [0.4, 0.5) is 0 Å². The van der Waals surface area contributed by atoms with Crippen LogP contribution in [0.3, 0.4) is 0 Å². The summed E-state index contributed by atoms with van der Waals surface area (Å²) in [6.07, 6.45) is 1.48. The van der Waals surface area contributed by atoms with Crippen molar-refractivity contribution in [2.45, 2.75) is 6.92 Å². The van der Waals surface area contributed by atoms with E-state index in [1.807, 2.05) is 13.0 Å². The third-order valence-electron chi connectivity index (χ3n) is 2.09. The summed E-state index contributed by atoms with van der Waals surface area (Å²) in [7, 11) is 0. The van der Waals surface area contributed by atoms with Gasteiger partial charge in [-0.25, -0.2) is 4.98 Å². The molecule has 0 aliphatic heterocycles. The molecule has 0 unspecified atom stereocenters. The van der Waals surface area contributed by atoms with Gasteiger partial charge in [-0.2, -0.15) is 10.2 Å². The van der Waals surface area contributed by atoms with Crippen LogP contribution in [0.25, 0.3) is 0 Å². The minimum Gasteiger partial charge on any atom is -0.424 e. The molecule has 4 nitrogen and oxygen atoms in total. The molecule has 0 fully saturated rings. The predicted molar refractivity (Wildman–Crippen MR) is 63.0 cm³/mol. The molecule has 0 saturated heterocycles. The molecule has 1 aromatic heterocycles. The molecule has 0 N–H and O–H groups in total. The Morgan fingerprint density at radius 3 is 2.88 bits per heavy atom. The van der Waals surface area contributed by atoms with Crippen molar-refractivity contribution in [3.8, 4) is 17.8 Å². The molecular formula is C12H8ClN3O. The summed E-state index contributed by atoms with van der Waals surface area (Å²) in [5.41, 5.74) is 1.14. The van der Waals surface area contributed by atoms with Crippen LogP contribution in [-0.2, 0) is 0 Å². The summed E-state index contributed by atoms with van der Waals surface area (Å²) in [5, 5.41) is 9.35. The molecule has 0 spiro atoms. The fourth-order valence-corrected chi connectivity index (χ4v) is 1.50.